The van der Waals surface area contributed by atoms with Crippen LogP contribution in [0, 0.1) is 0 Å². The quantitative estimate of drug-likeness (QED) is 0.389. The summed E-state index contributed by atoms with van der Waals surface area (Å²) >= 11 is 9.40. The minimum atomic E-state index is 0.709. The molecule has 0 aromatic heterocycles. The number of alkyl halides is 1. The lowest BCUT2D eigenvalue weighted by molar-refractivity contribution is 0.405. The van der Waals surface area contributed by atoms with Crippen LogP contribution >= 0.6 is 27.5 Å². The molecule has 0 atom stereocenters. The van der Waals surface area contributed by atoms with E-state index in [-0.39, 0.29) is 0 Å². The number of benzene rings is 3. The number of hydrogen-bond acceptors (Lipinski definition) is 3. The average molecular weight is 464 g/mol. The van der Waals surface area contributed by atoms with Gasteiger partial charge in [0.05, 0.1) is 21.3 Å². The molecule has 0 N–H and O–H groups in total. The SMILES string of the molecule is COc1ccccc1CBr.COc1ccccc1Cc1cc(Cl)ccc1OC. The summed E-state index contributed by atoms with van der Waals surface area (Å²) in [5.74, 6) is 2.66. The summed E-state index contributed by atoms with van der Waals surface area (Å²) in [5, 5.41) is 1.55. The molecule has 0 heterocycles. The Balaban J connectivity index is 0.000000237. The van der Waals surface area contributed by atoms with E-state index in [1.54, 1.807) is 21.3 Å². The number of methoxy groups -OCH3 is 3. The van der Waals surface area contributed by atoms with Crippen LogP contribution in [0.2, 0.25) is 5.02 Å². The lowest BCUT2D eigenvalue weighted by Gasteiger charge is -2.11. The van der Waals surface area contributed by atoms with Crippen LogP contribution in [0.4, 0.5) is 0 Å². The van der Waals surface area contributed by atoms with Gasteiger partial charge in [0.15, 0.2) is 0 Å². The Bertz CT molecular complexity index is 860. The molecule has 148 valence electrons. The number of halogens is 2. The summed E-state index contributed by atoms with van der Waals surface area (Å²) in [4.78, 5) is 0. The van der Waals surface area contributed by atoms with Gasteiger partial charge in [-0.1, -0.05) is 63.9 Å². The molecular formula is C23H24BrClO3. The predicted octanol–water partition coefficient (Wildman–Crippen LogP) is 6.54. The lowest BCUT2D eigenvalue weighted by atomic mass is 10.0. The minimum Gasteiger partial charge on any atom is -0.496 e. The molecule has 0 bridgehead atoms. The first-order chi connectivity index (χ1) is 13.6. The molecule has 0 aliphatic rings. The normalized spacial score (nSPS) is 9.89. The van der Waals surface area contributed by atoms with Gasteiger partial charge in [-0.25, -0.2) is 0 Å². The van der Waals surface area contributed by atoms with Gasteiger partial charge in [0.1, 0.15) is 17.2 Å². The molecule has 3 rings (SSSR count). The van der Waals surface area contributed by atoms with E-state index in [0.717, 1.165) is 40.1 Å². The van der Waals surface area contributed by atoms with Crippen molar-refractivity contribution in [3.05, 3.63) is 88.4 Å². The van der Waals surface area contributed by atoms with Gasteiger partial charge < -0.3 is 14.2 Å². The zero-order valence-corrected chi connectivity index (χ0v) is 18.6. The van der Waals surface area contributed by atoms with Crippen molar-refractivity contribution < 1.29 is 14.2 Å². The summed E-state index contributed by atoms with van der Waals surface area (Å²) in [5.41, 5.74) is 3.35. The van der Waals surface area contributed by atoms with Gasteiger partial charge >= 0.3 is 0 Å². The van der Waals surface area contributed by atoms with E-state index in [1.807, 2.05) is 66.7 Å². The van der Waals surface area contributed by atoms with Gasteiger partial charge in [-0.05, 0) is 35.9 Å². The molecule has 3 aromatic rings. The Morgan fingerprint density at radius 2 is 1.18 bits per heavy atom. The zero-order chi connectivity index (χ0) is 20.4. The van der Waals surface area contributed by atoms with Gasteiger partial charge in [-0.2, -0.15) is 0 Å². The molecule has 28 heavy (non-hydrogen) atoms. The van der Waals surface area contributed by atoms with Crippen molar-refractivity contribution in [2.24, 2.45) is 0 Å². The third kappa shape index (κ3) is 6.18. The molecule has 3 nitrogen and oxygen atoms in total. The Morgan fingerprint density at radius 3 is 1.71 bits per heavy atom. The van der Waals surface area contributed by atoms with E-state index in [4.69, 9.17) is 25.8 Å². The highest BCUT2D eigenvalue weighted by Gasteiger charge is 2.08. The van der Waals surface area contributed by atoms with E-state index in [9.17, 15) is 0 Å². The number of rotatable bonds is 6. The first kappa shape index (κ1) is 22.1. The van der Waals surface area contributed by atoms with Gasteiger partial charge in [0, 0.05) is 27.9 Å². The molecule has 0 fully saturated rings. The molecule has 0 spiro atoms. The van der Waals surface area contributed by atoms with E-state index >= 15 is 0 Å². The first-order valence-corrected chi connectivity index (χ1v) is 10.2. The van der Waals surface area contributed by atoms with Crippen molar-refractivity contribution in [2.75, 3.05) is 21.3 Å². The fourth-order valence-corrected chi connectivity index (χ4v) is 3.41. The lowest BCUT2D eigenvalue weighted by Crippen LogP contribution is -1.96. The van der Waals surface area contributed by atoms with Crippen LogP contribution in [-0.4, -0.2) is 21.3 Å². The first-order valence-electron chi connectivity index (χ1n) is 8.75. The zero-order valence-electron chi connectivity index (χ0n) is 16.2. The molecule has 0 saturated carbocycles. The standard InChI is InChI=1S/C15H15ClO2.C8H9BrO/c1-17-14-6-4-3-5-11(14)9-12-10-13(16)7-8-15(12)18-2;1-10-8-5-3-2-4-7(8)6-9/h3-8,10H,9H2,1-2H3;2-5H,6H2,1H3. The number of ether oxygens (including phenoxy) is 3. The highest BCUT2D eigenvalue weighted by molar-refractivity contribution is 9.08. The summed E-state index contributed by atoms with van der Waals surface area (Å²) in [6.45, 7) is 0. The summed E-state index contributed by atoms with van der Waals surface area (Å²) in [6, 6.07) is 21.5. The molecule has 0 saturated heterocycles. The molecule has 0 aliphatic carbocycles. The van der Waals surface area contributed by atoms with E-state index in [0.29, 0.717) is 5.02 Å². The monoisotopic (exact) mass is 462 g/mol. The van der Waals surface area contributed by atoms with Crippen LogP contribution in [0.1, 0.15) is 16.7 Å². The second-order valence-electron chi connectivity index (χ2n) is 5.89. The largest absolute Gasteiger partial charge is 0.496 e. The highest BCUT2D eigenvalue weighted by Crippen LogP contribution is 2.28. The molecule has 3 aromatic carbocycles. The van der Waals surface area contributed by atoms with Gasteiger partial charge in [-0.15, -0.1) is 0 Å². The average Bonchev–Trinajstić information content (AvgIpc) is 2.74. The minimum absolute atomic E-state index is 0.709. The smallest absolute Gasteiger partial charge is 0.122 e. The molecular weight excluding hydrogens is 440 g/mol. The maximum Gasteiger partial charge on any atom is 0.122 e. The molecule has 0 unspecified atom stereocenters. The Morgan fingerprint density at radius 1 is 0.679 bits per heavy atom. The Labute approximate surface area is 180 Å². The van der Waals surface area contributed by atoms with Crippen molar-refractivity contribution in [1.29, 1.82) is 0 Å². The van der Waals surface area contributed by atoms with Crippen LogP contribution in [0.15, 0.2) is 66.7 Å². The fraction of sp³-hybridized carbons (Fsp3) is 0.217. The highest BCUT2D eigenvalue weighted by atomic mass is 79.9. The second-order valence-corrected chi connectivity index (χ2v) is 6.89. The maximum absolute atomic E-state index is 6.03. The van der Waals surface area contributed by atoms with Gasteiger partial charge in [-0.3, -0.25) is 0 Å². The van der Waals surface area contributed by atoms with Crippen LogP contribution in [0.5, 0.6) is 17.2 Å². The van der Waals surface area contributed by atoms with Crippen molar-refractivity contribution in [2.45, 2.75) is 11.8 Å². The van der Waals surface area contributed by atoms with Crippen LogP contribution in [0.3, 0.4) is 0 Å². The fourth-order valence-electron chi connectivity index (χ4n) is 2.75. The van der Waals surface area contributed by atoms with E-state index in [1.165, 1.54) is 5.56 Å². The summed E-state index contributed by atoms with van der Waals surface area (Å²) in [7, 11) is 5.02. The topological polar surface area (TPSA) is 27.7 Å². The predicted molar refractivity (Wildman–Crippen MR) is 119 cm³/mol. The Hall–Kier alpha value is -2.17. The Kier molecular flexibility index (Phi) is 9.18. The molecule has 0 aliphatic heterocycles. The van der Waals surface area contributed by atoms with Crippen LogP contribution in [-0.2, 0) is 11.8 Å². The van der Waals surface area contributed by atoms with E-state index < -0.39 is 0 Å². The maximum atomic E-state index is 6.03. The van der Waals surface area contributed by atoms with Crippen molar-refractivity contribution in [3.8, 4) is 17.2 Å². The number of para-hydroxylation sites is 2. The summed E-state index contributed by atoms with van der Waals surface area (Å²) in [6.07, 6.45) is 0.730. The third-order valence-corrected chi connectivity index (χ3v) is 4.99. The van der Waals surface area contributed by atoms with Crippen molar-refractivity contribution in [3.63, 3.8) is 0 Å². The molecule has 0 amide bonds. The van der Waals surface area contributed by atoms with Gasteiger partial charge in [0.25, 0.3) is 0 Å². The second kappa shape index (κ2) is 11.6. The third-order valence-electron chi connectivity index (χ3n) is 4.15. The van der Waals surface area contributed by atoms with Crippen LogP contribution in [0.25, 0.3) is 0 Å². The van der Waals surface area contributed by atoms with Gasteiger partial charge in [0.2, 0.25) is 0 Å². The van der Waals surface area contributed by atoms with E-state index in [2.05, 4.69) is 15.9 Å². The van der Waals surface area contributed by atoms with Crippen LogP contribution < -0.4 is 14.2 Å². The molecule has 0 radical (unpaired) electrons. The van der Waals surface area contributed by atoms with Crippen molar-refractivity contribution >= 4 is 27.5 Å². The van der Waals surface area contributed by atoms with Crippen molar-refractivity contribution in [1.82, 2.24) is 0 Å². The molecule has 5 heteroatoms. The number of hydrogen-bond donors (Lipinski definition) is 0. The summed E-state index contributed by atoms with van der Waals surface area (Å²) < 4.78 is 15.8.